The zero-order valence-electron chi connectivity index (χ0n) is 11.8. The van der Waals surface area contributed by atoms with Crippen LogP contribution in [0.5, 0.6) is 5.75 Å². The van der Waals surface area contributed by atoms with Crippen molar-refractivity contribution in [3.63, 3.8) is 0 Å². The Morgan fingerprint density at radius 2 is 2.20 bits per heavy atom. The summed E-state index contributed by atoms with van der Waals surface area (Å²) < 4.78 is 0. The minimum Gasteiger partial charge on any atom is -0.508 e. The first-order valence-corrected chi connectivity index (χ1v) is 7.54. The smallest absolute Gasteiger partial charge is 0.180 e. The molecule has 0 spiro atoms. The van der Waals surface area contributed by atoms with E-state index in [-0.39, 0.29) is 5.54 Å². The fraction of sp³-hybridized carbons (Fsp3) is 0.400. The van der Waals surface area contributed by atoms with Gasteiger partial charge in [0.2, 0.25) is 0 Å². The molecular formula is C15H19N3OS. The highest BCUT2D eigenvalue weighted by Crippen LogP contribution is 2.42. The number of phenolic OH excluding ortho intramolecular Hbond substituents is 1. The van der Waals surface area contributed by atoms with Crippen LogP contribution in [0, 0.1) is 0 Å². The van der Waals surface area contributed by atoms with Crippen LogP contribution in [0.15, 0.2) is 24.3 Å². The van der Waals surface area contributed by atoms with E-state index in [0.29, 0.717) is 10.9 Å². The van der Waals surface area contributed by atoms with Crippen molar-refractivity contribution in [2.45, 2.75) is 24.8 Å². The number of aryl methyl sites for hydroxylation is 1. The Labute approximate surface area is 122 Å². The zero-order valence-corrected chi connectivity index (χ0v) is 12.6. The first-order chi connectivity index (χ1) is 9.51. The van der Waals surface area contributed by atoms with Crippen molar-refractivity contribution < 1.29 is 5.11 Å². The second-order valence-corrected chi connectivity index (χ2v) is 6.69. The lowest BCUT2D eigenvalue weighted by Gasteiger charge is -2.43. The summed E-state index contributed by atoms with van der Waals surface area (Å²) in [5.74, 6) is 0.318. The van der Waals surface area contributed by atoms with Crippen molar-refractivity contribution >= 4 is 16.5 Å². The van der Waals surface area contributed by atoms with E-state index >= 15 is 0 Å². The summed E-state index contributed by atoms with van der Waals surface area (Å²) in [5, 5.41) is 10.4. The Kier molecular flexibility index (Phi) is 3.18. The topological polar surface area (TPSA) is 62.4 Å². The summed E-state index contributed by atoms with van der Waals surface area (Å²) in [6, 6.07) is 7.59. The van der Waals surface area contributed by atoms with Crippen LogP contribution in [-0.2, 0) is 18.4 Å². The quantitative estimate of drug-likeness (QED) is 0.891. The van der Waals surface area contributed by atoms with E-state index in [9.17, 15) is 5.11 Å². The van der Waals surface area contributed by atoms with E-state index in [1.807, 2.05) is 12.1 Å². The van der Waals surface area contributed by atoms with Gasteiger partial charge in [0.05, 0.1) is 11.2 Å². The number of aromatic hydroxyl groups is 1. The first kappa shape index (κ1) is 13.4. The Morgan fingerprint density at radius 1 is 1.40 bits per heavy atom. The average molecular weight is 289 g/mol. The van der Waals surface area contributed by atoms with Crippen LogP contribution in [-0.4, -0.2) is 29.1 Å². The molecule has 1 aromatic heterocycles. The van der Waals surface area contributed by atoms with Crippen LogP contribution in [0.3, 0.4) is 0 Å². The van der Waals surface area contributed by atoms with Gasteiger partial charge in [0.1, 0.15) is 5.75 Å². The molecule has 1 unspecified atom stereocenters. The molecule has 0 radical (unpaired) electrons. The summed E-state index contributed by atoms with van der Waals surface area (Å²) in [7, 11) is 4.19. The van der Waals surface area contributed by atoms with Gasteiger partial charge in [-0.2, -0.15) is 0 Å². The van der Waals surface area contributed by atoms with Gasteiger partial charge < -0.3 is 10.8 Å². The largest absolute Gasteiger partial charge is 0.508 e. The van der Waals surface area contributed by atoms with E-state index in [1.165, 1.54) is 4.88 Å². The number of nitrogens with zero attached hydrogens (tertiary/aromatic N) is 2. The Morgan fingerprint density at radius 3 is 2.90 bits per heavy atom. The third kappa shape index (κ3) is 2.07. The predicted molar refractivity (Wildman–Crippen MR) is 82.0 cm³/mol. The van der Waals surface area contributed by atoms with E-state index in [1.54, 1.807) is 17.4 Å². The summed E-state index contributed by atoms with van der Waals surface area (Å²) >= 11 is 1.59. The summed E-state index contributed by atoms with van der Waals surface area (Å²) in [5.41, 5.74) is 8.04. The third-order valence-electron chi connectivity index (χ3n) is 4.26. The number of anilines is 1. The average Bonchev–Trinajstić information content (AvgIpc) is 2.77. The SMILES string of the molecule is CN(C)C1(c2cccc(O)c2)CCc2nc(N)sc2C1. The number of thiazole rings is 1. The summed E-state index contributed by atoms with van der Waals surface area (Å²) in [4.78, 5) is 7.94. The number of nitrogen functional groups attached to an aromatic ring is 1. The predicted octanol–water partition coefficient (Wildman–Crippen LogP) is 2.38. The summed E-state index contributed by atoms with van der Waals surface area (Å²) in [6.45, 7) is 0. The number of phenols is 1. The van der Waals surface area contributed by atoms with Crippen LogP contribution in [0.4, 0.5) is 5.13 Å². The lowest BCUT2D eigenvalue weighted by atomic mass is 9.77. The molecule has 0 aliphatic heterocycles. The van der Waals surface area contributed by atoms with Gasteiger partial charge >= 0.3 is 0 Å². The van der Waals surface area contributed by atoms with Gasteiger partial charge in [0.15, 0.2) is 5.13 Å². The molecule has 0 fully saturated rings. The second-order valence-electron chi connectivity index (χ2n) is 5.58. The minimum atomic E-state index is -0.0925. The van der Waals surface area contributed by atoms with Gasteiger partial charge in [-0.05, 0) is 44.6 Å². The normalized spacial score (nSPS) is 21.9. The molecule has 1 heterocycles. The van der Waals surface area contributed by atoms with Crippen LogP contribution < -0.4 is 5.73 Å². The maximum atomic E-state index is 9.79. The number of rotatable bonds is 2. The van der Waals surface area contributed by atoms with Gasteiger partial charge in [-0.25, -0.2) is 4.98 Å². The van der Waals surface area contributed by atoms with Crippen LogP contribution in [0.2, 0.25) is 0 Å². The first-order valence-electron chi connectivity index (χ1n) is 6.72. The number of likely N-dealkylation sites (N-methyl/N-ethyl adjacent to an activating group) is 1. The summed E-state index contributed by atoms with van der Waals surface area (Å²) in [6.07, 6.45) is 2.81. The highest BCUT2D eigenvalue weighted by molar-refractivity contribution is 7.15. The molecule has 0 amide bonds. The van der Waals surface area contributed by atoms with Crippen molar-refractivity contribution in [2.75, 3.05) is 19.8 Å². The fourth-order valence-corrected chi connectivity index (χ4v) is 4.08. The highest BCUT2D eigenvalue weighted by Gasteiger charge is 2.39. The Bertz CT molecular complexity index is 638. The van der Waals surface area contributed by atoms with E-state index < -0.39 is 0 Å². The molecule has 1 aliphatic rings. The van der Waals surface area contributed by atoms with Crippen LogP contribution >= 0.6 is 11.3 Å². The number of hydrogen-bond acceptors (Lipinski definition) is 5. The number of benzene rings is 1. The molecule has 3 rings (SSSR count). The third-order valence-corrected chi connectivity index (χ3v) is 5.19. The van der Waals surface area contributed by atoms with E-state index in [0.717, 1.165) is 30.5 Å². The molecule has 5 heteroatoms. The Balaban J connectivity index is 2.07. The molecule has 3 N–H and O–H groups in total. The zero-order chi connectivity index (χ0) is 14.3. The number of fused-ring (bicyclic) bond motifs is 1. The number of nitrogens with two attached hydrogens (primary N) is 1. The molecule has 20 heavy (non-hydrogen) atoms. The molecule has 0 saturated carbocycles. The number of hydrogen-bond donors (Lipinski definition) is 2. The molecule has 0 bridgehead atoms. The van der Waals surface area contributed by atoms with Gasteiger partial charge in [-0.15, -0.1) is 11.3 Å². The lowest BCUT2D eigenvalue weighted by molar-refractivity contribution is 0.130. The molecule has 4 nitrogen and oxygen atoms in total. The van der Waals surface area contributed by atoms with Crippen molar-refractivity contribution in [2.24, 2.45) is 0 Å². The van der Waals surface area contributed by atoms with Gasteiger partial charge in [-0.1, -0.05) is 12.1 Å². The highest BCUT2D eigenvalue weighted by atomic mass is 32.1. The van der Waals surface area contributed by atoms with E-state index in [2.05, 4.69) is 30.0 Å². The number of aromatic nitrogens is 1. The van der Waals surface area contributed by atoms with Gasteiger partial charge in [-0.3, -0.25) is 4.90 Å². The van der Waals surface area contributed by atoms with Gasteiger partial charge in [0, 0.05) is 11.3 Å². The monoisotopic (exact) mass is 289 g/mol. The fourth-order valence-electron chi connectivity index (χ4n) is 3.10. The van der Waals surface area contributed by atoms with Crippen molar-refractivity contribution in [1.82, 2.24) is 9.88 Å². The second kappa shape index (κ2) is 4.75. The molecule has 106 valence electrons. The van der Waals surface area contributed by atoms with Crippen molar-refractivity contribution in [3.8, 4) is 5.75 Å². The van der Waals surface area contributed by atoms with Crippen LogP contribution in [0.25, 0.3) is 0 Å². The van der Waals surface area contributed by atoms with Gasteiger partial charge in [0.25, 0.3) is 0 Å². The molecule has 1 aromatic carbocycles. The van der Waals surface area contributed by atoms with Crippen molar-refractivity contribution in [1.29, 1.82) is 0 Å². The molecular weight excluding hydrogens is 270 g/mol. The Hall–Kier alpha value is -1.59. The molecule has 0 saturated heterocycles. The van der Waals surface area contributed by atoms with E-state index in [4.69, 9.17) is 5.73 Å². The van der Waals surface area contributed by atoms with Crippen LogP contribution in [0.1, 0.15) is 22.6 Å². The lowest BCUT2D eigenvalue weighted by Crippen LogP contribution is -2.45. The molecule has 1 atom stereocenters. The maximum absolute atomic E-state index is 9.79. The minimum absolute atomic E-state index is 0.0925. The molecule has 1 aliphatic carbocycles. The standard InChI is InChI=1S/C15H19N3OS/c1-18(2)15(10-4-3-5-11(19)8-10)7-6-12-13(9-15)20-14(16)17-12/h3-5,8,19H,6-7,9H2,1-2H3,(H2,16,17). The molecule has 2 aromatic rings. The maximum Gasteiger partial charge on any atom is 0.180 e. The van der Waals surface area contributed by atoms with Crippen molar-refractivity contribution in [3.05, 3.63) is 40.4 Å².